The molecule has 7 heteroatoms. The van der Waals surface area contributed by atoms with Gasteiger partial charge in [0.05, 0.1) is 18.6 Å². The minimum atomic E-state index is -0.640. The molecule has 1 saturated heterocycles. The molecule has 1 aliphatic rings. The molecular formula is C25H29N5O2. The van der Waals surface area contributed by atoms with Gasteiger partial charge in [0.2, 0.25) is 0 Å². The van der Waals surface area contributed by atoms with Gasteiger partial charge in [0, 0.05) is 30.1 Å². The minimum absolute atomic E-state index is 0.186. The number of nitrogens with zero attached hydrogens (tertiary/aromatic N) is 5. The molecule has 1 unspecified atom stereocenters. The van der Waals surface area contributed by atoms with E-state index >= 15 is 0 Å². The van der Waals surface area contributed by atoms with Gasteiger partial charge in [-0.05, 0) is 44.0 Å². The number of likely N-dealkylation sites (tertiary alicyclic amines) is 1. The fourth-order valence-corrected chi connectivity index (χ4v) is 3.69. The SMILES string of the molecule is CC(C)(C)OC(=O)N(CC#Cc1ccccc1)[C@@H]1CN(Cc2ccccc2)CC1N=[N+]=[N-]. The fourth-order valence-electron chi connectivity index (χ4n) is 3.69. The molecule has 0 aromatic heterocycles. The number of hydrogen-bond donors (Lipinski definition) is 0. The molecule has 0 aliphatic carbocycles. The molecule has 0 bridgehead atoms. The Morgan fingerprint density at radius 3 is 2.44 bits per heavy atom. The van der Waals surface area contributed by atoms with E-state index in [9.17, 15) is 4.79 Å². The lowest BCUT2D eigenvalue weighted by atomic mass is 10.1. The first kappa shape index (κ1) is 23.2. The van der Waals surface area contributed by atoms with Crippen LogP contribution in [0.1, 0.15) is 31.9 Å². The number of azide groups is 1. The Labute approximate surface area is 189 Å². The van der Waals surface area contributed by atoms with Gasteiger partial charge in [0.25, 0.3) is 0 Å². The predicted octanol–water partition coefficient (Wildman–Crippen LogP) is 4.84. The standard InChI is InChI=1S/C25H29N5O2/c1-25(2,3)32-24(31)30(16-10-15-20-11-6-4-7-12-20)23-19-29(18-22(23)27-28-26)17-21-13-8-5-9-14-21/h4-9,11-14,22-23H,16-19H2,1-3H3/t22?,23-/m1/s1. The van der Waals surface area contributed by atoms with Crippen molar-refractivity contribution in [2.75, 3.05) is 19.6 Å². The van der Waals surface area contributed by atoms with E-state index in [0.29, 0.717) is 19.6 Å². The largest absolute Gasteiger partial charge is 0.444 e. The van der Waals surface area contributed by atoms with E-state index in [0.717, 1.165) is 5.56 Å². The van der Waals surface area contributed by atoms with Crippen LogP contribution in [0.2, 0.25) is 0 Å². The first-order valence-electron chi connectivity index (χ1n) is 10.7. The molecule has 0 spiro atoms. The van der Waals surface area contributed by atoms with E-state index < -0.39 is 11.7 Å². The summed E-state index contributed by atoms with van der Waals surface area (Å²) >= 11 is 0. The summed E-state index contributed by atoms with van der Waals surface area (Å²) in [5.41, 5.74) is 10.5. The van der Waals surface area contributed by atoms with Crippen LogP contribution in [0.3, 0.4) is 0 Å². The third-order valence-electron chi connectivity index (χ3n) is 5.07. The van der Waals surface area contributed by atoms with Gasteiger partial charge in [-0.25, -0.2) is 4.79 Å². The summed E-state index contributed by atoms with van der Waals surface area (Å²) < 4.78 is 5.66. The highest BCUT2D eigenvalue weighted by Crippen LogP contribution is 2.23. The molecule has 2 aromatic carbocycles. The van der Waals surface area contributed by atoms with Crippen LogP contribution in [0.15, 0.2) is 65.8 Å². The zero-order chi connectivity index (χ0) is 23.0. The number of carbonyl (C=O) groups is 1. The maximum absolute atomic E-state index is 13.1. The van der Waals surface area contributed by atoms with E-state index in [1.54, 1.807) is 4.90 Å². The van der Waals surface area contributed by atoms with Crippen molar-refractivity contribution in [3.63, 3.8) is 0 Å². The normalized spacial score (nSPS) is 18.2. The summed E-state index contributed by atoms with van der Waals surface area (Å²) in [7, 11) is 0. The van der Waals surface area contributed by atoms with Crippen molar-refractivity contribution >= 4 is 6.09 Å². The van der Waals surface area contributed by atoms with Gasteiger partial charge in [-0.2, -0.15) is 0 Å². The molecule has 2 aromatic rings. The number of carbonyl (C=O) groups excluding carboxylic acids is 1. The highest BCUT2D eigenvalue weighted by atomic mass is 16.6. The van der Waals surface area contributed by atoms with Gasteiger partial charge in [-0.3, -0.25) is 9.80 Å². The van der Waals surface area contributed by atoms with Crippen molar-refractivity contribution in [1.29, 1.82) is 0 Å². The van der Waals surface area contributed by atoms with Crippen LogP contribution in [0.25, 0.3) is 10.4 Å². The number of amides is 1. The topological polar surface area (TPSA) is 81.5 Å². The van der Waals surface area contributed by atoms with Crippen LogP contribution in [0.4, 0.5) is 4.79 Å². The quantitative estimate of drug-likeness (QED) is 0.294. The third kappa shape index (κ3) is 6.78. The average Bonchev–Trinajstić information content (AvgIpc) is 3.13. The first-order chi connectivity index (χ1) is 15.4. The molecule has 0 N–H and O–H groups in total. The van der Waals surface area contributed by atoms with Gasteiger partial charge in [0.15, 0.2) is 0 Å². The van der Waals surface area contributed by atoms with Crippen LogP contribution in [-0.4, -0.2) is 53.2 Å². The lowest BCUT2D eigenvalue weighted by Gasteiger charge is -2.32. The van der Waals surface area contributed by atoms with E-state index in [1.165, 1.54) is 5.56 Å². The second-order valence-electron chi connectivity index (χ2n) is 8.80. The zero-order valence-corrected chi connectivity index (χ0v) is 18.8. The Hall–Kier alpha value is -3.46. The van der Waals surface area contributed by atoms with Gasteiger partial charge in [0.1, 0.15) is 5.60 Å². The van der Waals surface area contributed by atoms with Crippen LogP contribution >= 0.6 is 0 Å². The van der Waals surface area contributed by atoms with Gasteiger partial charge in [-0.1, -0.05) is 65.5 Å². The van der Waals surface area contributed by atoms with Crippen molar-refractivity contribution < 1.29 is 9.53 Å². The van der Waals surface area contributed by atoms with Crippen molar-refractivity contribution in [1.82, 2.24) is 9.80 Å². The summed E-state index contributed by atoms with van der Waals surface area (Å²) in [6.07, 6.45) is -0.454. The number of ether oxygens (including phenoxy) is 1. The van der Waals surface area contributed by atoms with E-state index in [1.807, 2.05) is 69.3 Å². The molecule has 1 fully saturated rings. The number of hydrogen-bond acceptors (Lipinski definition) is 4. The molecule has 0 radical (unpaired) electrons. The van der Waals surface area contributed by atoms with Crippen molar-refractivity contribution in [3.8, 4) is 11.8 Å². The molecule has 1 amide bonds. The first-order valence-corrected chi connectivity index (χ1v) is 10.7. The van der Waals surface area contributed by atoms with Crippen LogP contribution in [0, 0.1) is 11.8 Å². The lowest BCUT2D eigenvalue weighted by Crippen LogP contribution is -2.48. The lowest BCUT2D eigenvalue weighted by molar-refractivity contribution is 0.0188. The number of benzene rings is 2. The molecule has 2 atom stereocenters. The summed E-state index contributed by atoms with van der Waals surface area (Å²) in [4.78, 5) is 19.9. The molecule has 1 aliphatic heterocycles. The van der Waals surface area contributed by atoms with E-state index in [2.05, 4.69) is 38.9 Å². The Morgan fingerprint density at radius 2 is 1.81 bits per heavy atom. The highest BCUT2D eigenvalue weighted by Gasteiger charge is 2.39. The monoisotopic (exact) mass is 431 g/mol. The summed E-state index contributed by atoms with van der Waals surface area (Å²) in [5, 5.41) is 4.00. The fraction of sp³-hybridized carbons (Fsp3) is 0.400. The highest BCUT2D eigenvalue weighted by molar-refractivity contribution is 5.69. The summed E-state index contributed by atoms with van der Waals surface area (Å²) in [5.74, 6) is 6.19. The molecule has 166 valence electrons. The average molecular weight is 432 g/mol. The Bertz CT molecular complexity index is 1000. The van der Waals surface area contributed by atoms with Crippen molar-refractivity contribution in [3.05, 3.63) is 82.2 Å². The smallest absolute Gasteiger partial charge is 0.411 e. The molecule has 32 heavy (non-hydrogen) atoms. The molecular weight excluding hydrogens is 402 g/mol. The summed E-state index contributed by atoms with van der Waals surface area (Å²) in [6.45, 7) is 7.54. The van der Waals surface area contributed by atoms with Crippen molar-refractivity contribution in [2.24, 2.45) is 5.11 Å². The Balaban J connectivity index is 1.82. The van der Waals surface area contributed by atoms with Gasteiger partial charge >= 0.3 is 6.09 Å². The second kappa shape index (κ2) is 10.7. The second-order valence-corrected chi connectivity index (χ2v) is 8.80. The van der Waals surface area contributed by atoms with Crippen LogP contribution < -0.4 is 0 Å². The van der Waals surface area contributed by atoms with E-state index in [4.69, 9.17) is 10.3 Å². The molecule has 1 heterocycles. The maximum atomic E-state index is 13.1. The van der Waals surface area contributed by atoms with Crippen LogP contribution in [-0.2, 0) is 11.3 Å². The zero-order valence-electron chi connectivity index (χ0n) is 18.8. The van der Waals surface area contributed by atoms with Gasteiger partial charge < -0.3 is 4.74 Å². The number of rotatable bonds is 5. The minimum Gasteiger partial charge on any atom is -0.444 e. The maximum Gasteiger partial charge on any atom is 0.411 e. The molecule has 3 rings (SSSR count). The third-order valence-corrected chi connectivity index (χ3v) is 5.07. The Kier molecular flexibility index (Phi) is 7.77. The van der Waals surface area contributed by atoms with Crippen LogP contribution in [0.5, 0.6) is 0 Å². The molecule has 7 nitrogen and oxygen atoms in total. The predicted molar refractivity (Wildman–Crippen MR) is 125 cm³/mol. The van der Waals surface area contributed by atoms with E-state index in [-0.39, 0.29) is 18.6 Å². The van der Waals surface area contributed by atoms with Crippen molar-refractivity contribution in [2.45, 2.75) is 45.0 Å². The summed E-state index contributed by atoms with van der Waals surface area (Å²) in [6, 6.07) is 19.0. The van der Waals surface area contributed by atoms with Gasteiger partial charge in [-0.15, -0.1) is 0 Å². The Morgan fingerprint density at radius 1 is 1.16 bits per heavy atom. The molecule has 0 saturated carbocycles.